The Kier molecular flexibility index (Phi) is 7.30. The number of carbonyl (C=O) groups is 3. The summed E-state index contributed by atoms with van der Waals surface area (Å²) in [6.07, 6.45) is 8.07. The third-order valence-electron chi connectivity index (χ3n) is 8.86. The van der Waals surface area contributed by atoms with E-state index >= 15 is 0 Å². The van der Waals surface area contributed by atoms with Gasteiger partial charge in [-0.25, -0.2) is 0 Å². The number of morpholine rings is 1. The van der Waals surface area contributed by atoms with Gasteiger partial charge >= 0.3 is 0 Å². The summed E-state index contributed by atoms with van der Waals surface area (Å²) in [5.74, 6) is -1.67. The molecule has 6 atom stereocenters. The van der Waals surface area contributed by atoms with E-state index in [1.165, 1.54) is 0 Å². The predicted octanol–water partition coefficient (Wildman–Crippen LogP) is 0.776. The summed E-state index contributed by atoms with van der Waals surface area (Å²) in [6.45, 7) is 4.95. The van der Waals surface area contributed by atoms with E-state index in [0.29, 0.717) is 32.8 Å². The molecule has 3 amide bonds. The van der Waals surface area contributed by atoms with Crippen molar-refractivity contribution >= 4 is 29.5 Å². The number of aliphatic hydroxyl groups is 1. The minimum absolute atomic E-state index is 0.0668. The van der Waals surface area contributed by atoms with Crippen molar-refractivity contribution in [3.63, 3.8) is 0 Å². The Morgan fingerprint density at radius 1 is 1.03 bits per heavy atom. The van der Waals surface area contributed by atoms with Crippen LogP contribution in [0.25, 0.3) is 0 Å². The summed E-state index contributed by atoms with van der Waals surface area (Å²) >= 11 is 1.57. The van der Waals surface area contributed by atoms with E-state index in [9.17, 15) is 19.5 Å². The Labute approximate surface area is 233 Å². The normalized spacial score (nSPS) is 33.6. The largest absolute Gasteiger partial charge is 0.394 e. The number of amides is 3. The number of nitrogens with zero attached hydrogens (tertiary/aromatic N) is 4. The quantitative estimate of drug-likeness (QED) is 0.522. The number of hydrogen-bond acceptors (Lipinski definition) is 7. The molecule has 1 aromatic carbocycles. The smallest absolute Gasteiger partial charge is 0.247 e. The summed E-state index contributed by atoms with van der Waals surface area (Å²) in [5.41, 5.74) is 0.773. The molecule has 0 aliphatic carbocycles. The van der Waals surface area contributed by atoms with Crippen molar-refractivity contribution < 1.29 is 24.2 Å². The highest BCUT2D eigenvalue weighted by Gasteiger charge is 2.71. The topological polar surface area (TPSA) is 93.6 Å². The fourth-order valence-electron chi connectivity index (χ4n) is 6.90. The zero-order valence-corrected chi connectivity index (χ0v) is 23.0. The molecule has 5 aliphatic heterocycles. The minimum atomic E-state index is -0.891. The highest BCUT2D eigenvalue weighted by Crippen LogP contribution is 2.62. The maximum Gasteiger partial charge on any atom is 0.247 e. The summed E-state index contributed by atoms with van der Waals surface area (Å²) in [4.78, 5) is 50.0. The van der Waals surface area contributed by atoms with Gasteiger partial charge in [-0.2, -0.15) is 0 Å². The summed E-state index contributed by atoms with van der Waals surface area (Å²) in [5, 5.41) is 10.4. The number of carbonyl (C=O) groups excluding carboxylic acids is 3. The second-order valence-corrected chi connectivity index (χ2v) is 12.5. The van der Waals surface area contributed by atoms with Crippen LogP contribution in [0.2, 0.25) is 0 Å². The van der Waals surface area contributed by atoms with Gasteiger partial charge in [0.05, 0.1) is 42.4 Å². The molecule has 1 N–H and O–H groups in total. The fraction of sp³-hybridized carbons (Fsp3) is 0.552. The van der Waals surface area contributed by atoms with Gasteiger partial charge < -0.3 is 24.5 Å². The van der Waals surface area contributed by atoms with Crippen molar-refractivity contribution in [2.45, 2.75) is 22.1 Å². The highest BCUT2D eigenvalue weighted by molar-refractivity contribution is 8.02. The van der Waals surface area contributed by atoms with Crippen LogP contribution in [0, 0.1) is 11.8 Å². The number of benzene rings is 1. The molecule has 0 radical (unpaired) electrons. The molecular formula is C29H36N4O5S. The lowest BCUT2D eigenvalue weighted by Gasteiger charge is -2.39. The van der Waals surface area contributed by atoms with E-state index in [4.69, 9.17) is 4.74 Å². The maximum atomic E-state index is 14.5. The standard InChI is InChI=1S/C29H36N4O5S/c1-30-11-5-9-22-23(26(30)35)24-27(36)33(21(19-34)20-7-3-2-4-8-20)25-28(37)32(12-6-10-29(24,25)39-22)14-13-31-15-17-38-18-16-31/h2-10,21-25,34H,11-19H2,1H3/t21-,22-,23+,24+,25?,29+/m1/s1. The molecule has 9 nitrogen and oxygen atoms in total. The molecule has 3 fully saturated rings. The molecule has 5 heterocycles. The lowest BCUT2D eigenvalue weighted by atomic mass is 9.78. The van der Waals surface area contributed by atoms with Crippen molar-refractivity contribution in [2.75, 3.05) is 66.1 Å². The van der Waals surface area contributed by atoms with Crippen LogP contribution in [0.1, 0.15) is 11.6 Å². The zero-order valence-electron chi connectivity index (χ0n) is 22.2. The Morgan fingerprint density at radius 2 is 1.79 bits per heavy atom. The van der Waals surface area contributed by atoms with Gasteiger partial charge in [-0.15, -0.1) is 11.8 Å². The first-order valence-electron chi connectivity index (χ1n) is 13.8. The second kappa shape index (κ2) is 10.7. The number of likely N-dealkylation sites (N-methyl/N-ethyl adjacent to an activating group) is 1. The van der Waals surface area contributed by atoms with Crippen molar-refractivity contribution in [1.82, 2.24) is 19.6 Å². The number of hydrogen-bond donors (Lipinski definition) is 1. The first-order valence-corrected chi connectivity index (χ1v) is 14.7. The molecule has 0 saturated carbocycles. The number of likely N-dealkylation sites (tertiary alicyclic amines) is 1. The number of rotatable bonds is 6. The van der Waals surface area contributed by atoms with E-state index in [2.05, 4.69) is 4.90 Å². The number of ether oxygens (including phenoxy) is 1. The average Bonchev–Trinajstić information content (AvgIpc) is 3.29. The van der Waals surface area contributed by atoms with Crippen LogP contribution in [-0.4, -0.2) is 125 Å². The van der Waals surface area contributed by atoms with Crippen LogP contribution < -0.4 is 0 Å². The van der Waals surface area contributed by atoms with Gasteiger partial charge in [-0.05, 0) is 5.56 Å². The van der Waals surface area contributed by atoms with Crippen LogP contribution in [0.3, 0.4) is 0 Å². The first-order chi connectivity index (χ1) is 19.0. The summed E-state index contributed by atoms with van der Waals surface area (Å²) in [6, 6.07) is 7.89. The Hall–Kier alpha value is -2.66. The summed E-state index contributed by atoms with van der Waals surface area (Å²) in [7, 11) is 1.77. The monoisotopic (exact) mass is 552 g/mol. The Bertz CT molecular complexity index is 1170. The zero-order chi connectivity index (χ0) is 27.1. The predicted molar refractivity (Wildman–Crippen MR) is 148 cm³/mol. The van der Waals surface area contributed by atoms with Crippen LogP contribution in [0.4, 0.5) is 0 Å². The minimum Gasteiger partial charge on any atom is -0.394 e. The lowest BCUT2D eigenvalue weighted by molar-refractivity contribution is -0.146. The van der Waals surface area contributed by atoms with E-state index in [-0.39, 0.29) is 29.6 Å². The fourth-order valence-corrected chi connectivity index (χ4v) is 8.90. The molecule has 1 unspecified atom stereocenters. The van der Waals surface area contributed by atoms with E-state index < -0.39 is 28.7 Å². The van der Waals surface area contributed by atoms with Gasteiger partial charge in [0.1, 0.15) is 6.04 Å². The Balaban J connectivity index is 1.40. The van der Waals surface area contributed by atoms with Crippen molar-refractivity contribution in [1.29, 1.82) is 0 Å². The molecule has 6 rings (SSSR count). The summed E-state index contributed by atoms with van der Waals surface area (Å²) < 4.78 is 4.58. The molecular weight excluding hydrogens is 516 g/mol. The van der Waals surface area contributed by atoms with Crippen molar-refractivity contribution in [3.05, 3.63) is 60.2 Å². The van der Waals surface area contributed by atoms with Crippen LogP contribution in [0.5, 0.6) is 0 Å². The lowest BCUT2D eigenvalue weighted by Crippen LogP contribution is -2.55. The van der Waals surface area contributed by atoms with Crippen LogP contribution in [0.15, 0.2) is 54.6 Å². The van der Waals surface area contributed by atoms with Crippen molar-refractivity contribution in [2.24, 2.45) is 11.8 Å². The molecule has 39 heavy (non-hydrogen) atoms. The molecule has 3 saturated heterocycles. The molecule has 208 valence electrons. The molecule has 5 aliphatic rings. The average molecular weight is 553 g/mol. The Morgan fingerprint density at radius 3 is 2.54 bits per heavy atom. The van der Waals surface area contributed by atoms with Gasteiger partial charge in [0, 0.05) is 51.6 Å². The number of fused-ring (bicyclic) bond motifs is 2. The van der Waals surface area contributed by atoms with Crippen LogP contribution >= 0.6 is 11.8 Å². The SMILES string of the molecule is CN1CC=C[C@H]2S[C@]34C=CCN(CCN5CCOCC5)C(=O)C3N([C@H](CO)c3ccccc3)C(=O)[C@@H]4[C@H]2C1=O. The molecule has 1 spiro atoms. The van der Waals surface area contributed by atoms with Gasteiger partial charge in [0.25, 0.3) is 0 Å². The molecule has 0 bridgehead atoms. The van der Waals surface area contributed by atoms with Gasteiger partial charge in [-0.1, -0.05) is 54.6 Å². The highest BCUT2D eigenvalue weighted by atomic mass is 32.2. The van der Waals surface area contributed by atoms with E-state index in [1.54, 1.807) is 28.6 Å². The van der Waals surface area contributed by atoms with E-state index in [1.807, 2.05) is 59.5 Å². The molecule has 0 aromatic heterocycles. The first kappa shape index (κ1) is 26.6. The number of thioether (sulfide) groups is 1. The van der Waals surface area contributed by atoms with Gasteiger partial charge in [0.2, 0.25) is 17.7 Å². The van der Waals surface area contributed by atoms with Crippen molar-refractivity contribution in [3.8, 4) is 0 Å². The van der Waals surface area contributed by atoms with Gasteiger partial charge in [0.15, 0.2) is 0 Å². The second-order valence-electron chi connectivity index (χ2n) is 11.0. The maximum absolute atomic E-state index is 14.5. The molecule has 10 heteroatoms. The van der Waals surface area contributed by atoms with E-state index in [0.717, 1.165) is 25.2 Å². The molecule has 1 aromatic rings. The third kappa shape index (κ3) is 4.41. The van der Waals surface area contributed by atoms with Gasteiger partial charge in [-0.3, -0.25) is 19.3 Å². The number of aliphatic hydroxyl groups excluding tert-OH is 1. The van der Waals surface area contributed by atoms with Crippen LogP contribution in [-0.2, 0) is 19.1 Å². The third-order valence-corrected chi connectivity index (χ3v) is 10.6.